The lowest BCUT2D eigenvalue weighted by molar-refractivity contribution is 0.102. The largest absolute Gasteiger partial charge is 0.322 e. The van der Waals surface area contributed by atoms with Gasteiger partial charge in [-0.15, -0.1) is 0 Å². The monoisotopic (exact) mass is 442 g/mol. The minimum atomic E-state index is -0.335. The summed E-state index contributed by atoms with van der Waals surface area (Å²) in [6.45, 7) is 1.89. The Morgan fingerprint density at radius 2 is 1.48 bits per heavy atom. The molecule has 6 heteroatoms. The molecule has 2 amide bonds. The highest BCUT2D eigenvalue weighted by molar-refractivity contribution is 9.10. The van der Waals surface area contributed by atoms with Gasteiger partial charge in [0, 0.05) is 15.2 Å². The highest BCUT2D eigenvalue weighted by atomic mass is 79.9. The van der Waals surface area contributed by atoms with Crippen LogP contribution in [-0.4, -0.2) is 11.8 Å². The molecule has 0 spiro atoms. The van der Waals surface area contributed by atoms with E-state index in [1.807, 2.05) is 19.1 Å². The third kappa shape index (κ3) is 4.56. The number of carbonyl (C=O) groups is 2. The van der Waals surface area contributed by atoms with Crippen LogP contribution in [0.25, 0.3) is 0 Å². The Balaban J connectivity index is 1.83. The Labute approximate surface area is 170 Å². The molecule has 0 unspecified atom stereocenters. The van der Waals surface area contributed by atoms with Crippen LogP contribution in [0.1, 0.15) is 26.3 Å². The van der Waals surface area contributed by atoms with Gasteiger partial charge >= 0.3 is 0 Å². The maximum absolute atomic E-state index is 12.7. The number of amides is 2. The van der Waals surface area contributed by atoms with Crippen molar-refractivity contribution < 1.29 is 9.59 Å². The van der Waals surface area contributed by atoms with Crippen LogP contribution in [0, 0.1) is 6.92 Å². The summed E-state index contributed by atoms with van der Waals surface area (Å²) in [6.07, 6.45) is 0. The van der Waals surface area contributed by atoms with Crippen LogP contribution >= 0.6 is 27.5 Å². The second-order valence-electron chi connectivity index (χ2n) is 5.90. The van der Waals surface area contributed by atoms with Gasteiger partial charge in [0.15, 0.2) is 0 Å². The van der Waals surface area contributed by atoms with Crippen molar-refractivity contribution in [2.75, 3.05) is 10.6 Å². The molecule has 3 aromatic carbocycles. The number of hydrogen-bond acceptors (Lipinski definition) is 2. The number of para-hydroxylation sites is 1. The normalized spacial score (nSPS) is 10.3. The molecule has 0 saturated carbocycles. The van der Waals surface area contributed by atoms with Crippen LogP contribution in [0.15, 0.2) is 71.2 Å². The van der Waals surface area contributed by atoms with Crippen molar-refractivity contribution in [3.63, 3.8) is 0 Å². The van der Waals surface area contributed by atoms with E-state index in [4.69, 9.17) is 11.6 Å². The summed E-state index contributed by atoms with van der Waals surface area (Å²) in [5, 5.41) is 6.18. The smallest absolute Gasteiger partial charge is 0.257 e. The van der Waals surface area contributed by atoms with Crippen molar-refractivity contribution in [3.05, 3.63) is 92.9 Å². The minimum absolute atomic E-state index is 0.305. The van der Waals surface area contributed by atoms with E-state index in [0.29, 0.717) is 32.0 Å². The zero-order valence-corrected chi connectivity index (χ0v) is 16.8. The van der Waals surface area contributed by atoms with E-state index in [0.717, 1.165) is 5.56 Å². The third-order valence-corrected chi connectivity index (χ3v) is 5.07. The number of nitrogens with one attached hydrogen (secondary N) is 2. The molecule has 2 N–H and O–H groups in total. The number of aryl methyl sites for hydroxylation is 1. The van der Waals surface area contributed by atoms with Gasteiger partial charge in [0.25, 0.3) is 11.8 Å². The number of halogens is 2. The second-order valence-corrected chi connectivity index (χ2v) is 7.16. The first-order valence-electron chi connectivity index (χ1n) is 8.18. The lowest BCUT2D eigenvalue weighted by Crippen LogP contribution is -2.18. The van der Waals surface area contributed by atoms with E-state index in [-0.39, 0.29) is 11.8 Å². The van der Waals surface area contributed by atoms with Crippen molar-refractivity contribution in [3.8, 4) is 0 Å². The average molecular weight is 444 g/mol. The number of rotatable bonds is 4. The molecule has 3 rings (SSSR count). The fraction of sp³-hybridized carbons (Fsp3) is 0.0476. The lowest BCUT2D eigenvalue weighted by atomic mass is 10.1. The van der Waals surface area contributed by atoms with Gasteiger partial charge in [0.05, 0.1) is 16.8 Å². The summed E-state index contributed by atoms with van der Waals surface area (Å²) < 4.78 is 0.679. The number of carbonyl (C=O) groups excluding carboxylic acids is 2. The van der Waals surface area contributed by atoms with Crippen molar-refractivity contribution in [1.29, 1.82) is 0 Å². The molecule has 0 atom stereocenters. The highest BCUT2D eigenvalue weighted by Gasteiger charge is 2.16. The van der Waals surface area contributed by atoms with Gasteiger partial charge < -0.3 is 10.6 Å². The zero-order valence-electron chi connectivity index (χ0n) is 14.4. The number of hydrogen-bond donors (Lipinski definition) is 2. The Bertz CT molecular complexity index is 1020. The Hall–Kier alpha value is -2.63. The first-order valence-corrected chi connectivity index (χ1v) is 9.35. The zero-order chi connectivity index (χ0) is 19.4. The fourth-order valence-corrected chi connectivity index (χ4v) is 3.14. The summed E-state index contributed by atoms with van der Waals surface area (Å²) >= 11 is 9.48. The van der Waals surface area contributed by atoms with Gasteiger partial charge in [0.1, 0.15) is 0 Å². The first-order chi connectivity index (χ1) is 13.0. The van der Waals surface area contributed by atoms with Crippen molar-refractivity contribution in [2.24, 2.45) is 0 Å². The Morgan fingerprint density at radius 1 is 0.852 bits per heavy atom. The number of benzene rings is 3. The lowest BCUT2D eigenvalue weighted by Gasteiger charge is -2.12. The van der Waals surface area contributed by atoms with Crippen LogP contribution in [0.2, 0.25) is 5.02 Å². The SMILES string of the molecule is Cc1ccc(NC(=O)c2ccccc2NC(=O)c2ccccc2Br)cc1Cl. The molecule has 4 nitrogen and oxygen atoms in total. The van der Waals surface area contributed by atoms with Crippen LogP contribution in [0.3, 0.4) is 0 Å². The first kappa shape index (κ1) is 19.1. The highest BCUT2D eigenvalue weighted by Crippen LogP contribution is 2.23. The van der Waals surface area contributed by atoms with E-state index >= 15 is 0 Å². The van der Waals surface area contributed by atoms with Crippen molar-refractivity contribution >= 4 is 50.7 Å². The van der Waals surface area contributed by atoms with Crippen LogP contribution in [-0.2, 0) is 0 Å². The Kier molecular flexibility index (Phi) is 5.94. The topological polar surface area (TPSA) is 58.2 Å². The minimum Gasteiger partial charge on any atom is -0.322 e. The fourth-order valence-electron chi connectivity index (χ4n) is 2.49. The van der Waals surface area contributed by atoms with E-state index in [1.165, 1.54) is 0 Å². The quantitative estimate of drug-likeness (QED) is 0.526. The molecular formula is C21H16BrClN2O2. The molecule has 0 saturated heterocycles. The van der Waals surface area contributed by atoms with Crippen molar-refractivity contribution in [2.45, 2.75) is 6.92 Å². The van der Waals surface area contributed by atoms with Crippen molar-refractivity contribution in [1.82, 2.24) is 0 Å². The van der Waals surface area contributed by atoms with Gasteiger partial charge in [-0.25, -0.2) is 0 Å². The van der Waals surface area contributed by atoms with Crippen LogP contribution in [0.4, 0.5) is 11.4 Å². The van der Waals surface area contributed by atoms with E-state index in [2.05, 4.69) is 26.6 Å². The summed E-state index contributed by atoms with van der Waals surface area (Å²) in [7, 11) is 0. The molecule has 0 aliphatic carbocycles. The number of anilines is 2. The van der Waals surface area contributed by atoms with Crippen LogP contribution in [0.5, 0.6) is 0 Å². The van der Waals surface area contributed by atoms with Gasteiger partial charge in [-0.05, 0) is 64.8 Å². The van der Waals surface area contributed by atoms with Crippen LogP contribution < -0.4 is 10.6 Å². The third-order valence-electron chi connectivity index (χ3n) is 3.97. The molecular weight excluding hydrogens is 428 g/mol. The standard InChI is InChI=1S/C21H16BrClN2O2/c1-13-10-11-14(12-18(13)23)24-21(27)16-7-3-5-9-19(16)25-20(26)15-6-2-4-8-17(15)22/h2-12H,1H3,(H,24,27)(H,25,26). The molecule has 0 fully saturated rings. The van der Waals surface area contributed by atoms with Gasteiger partial charge in [-0.3, -0.25) is 9.59 Å². The molecule has 0 radical (unpaired) electrons. The molecule has 27 heavy (non-hydrogen) atoms. The summed E-state index contributed by atoms with van der Waals surface area (Å²) in [5.41, 5.74) is 2.78. The molecule has 0 aliphatic rings. The van der Waals surface area contributed by atoms with Gasteiger partial charge in [-0.1, -0.05) is 41.9 Å². The average Bonchev–Trinajstić information content (AvgIpc) is 2.65. The Morgan fingerprint density at radius 3 is 2.19 bits per heavy atom. The molecule has 0 bridgehead atoms. The second kappa shape index (κ2) is 8.37. The van der Waals surface area contributed by atoms with E-state index < -0.39 is 0 Å². The predicted octanol–water partition coefficient (Wildman–Crippen LogP) is 5.92. The van der Waals surface area contributed by atoms with Gasteiger partial charge in [-0.2, -0.15) is 0 Å². The summed E-state index contributed by atoms with van der Waals surface area (Å²) in [5.74, 6) is -0.640. The maximum atomic E-state index is 12.7. The maximum Gasteiger partial charge on any atom is 0.257 e. The predicted molar refractivity (Wildman–Crippen MR) is 113 cm³/mol. The van der Waals surface area contributed by atoms with Gasteiger partial charge in [0.2, 0.25) is 0 Å². The molecule has 0 aromatic heterocycles. The molecule has 0 aliphatic heterocycles. The summed E-state index contributed by atoms with van der Waals surface area (Å²) in [6, 6.07) is 19.2. The molecule has 3 aromatic rings. The molecule has 0 heterocycles. The molecule has 136 valence electrons. The summed E-state index contributed by atoms with van der Waals surface area (Å²) in [4.78, 5) is 25.3. The van der Waals surface area contributed by atoms with E-state index in [1.54, 1.807) is 54.6 Å². The van der Waals surface area contributed by atoms with E-state index in [9.17, 15) is 9.59 Å².